The van der Waals surface area contributed by atoms with Crippen molar-refractivity contribution in [2.24, 2.45) is 0 Å². The van der Waals surface area contributed by atoms with Gasteiger partial charge >= 0.3 is 0 Å². The van der Waals surface area contributed by atoms with Crippen LogP contribution in [-0.4, -0.2) is 5.91 Å². The Morgan fingerprint density at radius 3 is 2.57 bits per heavy atom. The molecule has 0 atom stereocenters. The van der Waals surface area contributed by atoms with Crippen LogP contribution in [-0.2, 0) is 4.79 Å². The van der Waals surface area contributed by atoms with Gasteiger partial charge in [-0.15, -0.1) is 0 Å². The molecule has 0 bridgehead atoms. The van der Waals surface area contributed by atoms with E-state index in [1.54, 1.807) is 24.3 Å². The second-order valence-electron chi connectivity index (χ2n) is 4.73. The van der Waals surface area contributed by atoms with Gasteiger partial charge in [0.25, 0.3) is 5.91 Å². The Hall–Kier alpha value is -2.29. The number of carbonyl (C=O) groups excluding carboxylic acids is 1. The number of benzene rings is 2. The van der Waals surface area contributed by atoms with Crippen LogP contribution in [0.25, 0.3) is 0 Å². The Morgan fingerprint density at radius 1 is 1.26 bits per heavy atom. The molecule has 2 aromatic rings. The molecule has 0 fully saturated rings. The highest BCUT2D eigenvalue weighted by atomic mass is 79.9. The van der Waals surface area contributed by atoms with Crippen LogP contribution in [0.3, 0.4) is 0 Å². The molecule has 0 unspecified atom stereocenters. The summed E-state index contributed by atoms with van der Waals surface area (Å²) in [6.45, 7) is 1.93. The molecule has 4 nitrogen and oxygen atoms in total. The average molecular weight is 391 g/mol. The number of anilines is 2. The molecule has 116 valence electrons. The van der Waals surface area contributed by atoms with Gasteiger partial charge in [0.1, 0.15) is 11.6 Å². The maximum Gasteiger partial charge on any atom is 0.267 e. The van der Waals surface area contributed by atoms with E-state index in [4.69, 9.17) is 16.9 Å². The predicted octanol–water partition coefficient (Wildman–Crippen LogP) is 4.87. The standard InChI is InChI=1S/C17H13BrClN3O/c1-11-8-13(18)2-7-16(11)21-10-12(9-20)17(23)22-15-5-3-14(19)4-6-15/h2-8,10,21H,1H3,(H,22,23)/b12-10-. The Morgan fingerprint density at radius 2 is 1.96 bits per heavy atom. The second-order valence-corrected chi connectivity index (χ2v) is 6.09. The van der Waals surface area contributed by atoms with Gasteiger partial charge in [-0.05, 0) is 55.0 Å². The van der Waals surface area contributed by atoms with Gasteiger partial charge in [0, 0.05) is 27.1 Å². The van der Waals surface area contributed by atoms with Gasteiger partial charge in [0.05, 0.1) is 0 Å². The lowest BCUT2D eigenvalue weighted by molar-refractivity contribution is -0.112. The number of nitriles is 1. The third kappa shape index (κ3) is 4.85. The van der Waals surface area contributed by atoms with Crippen molar-refractivity contribution in [3.05, 3.63) is 69.3 Å². The molecule has 23 heavy (non-hydrogen) atoms. The second kappa shape index (κ2) is 7.82. The van der Waals surface area contributed by atoms with Crippen molar-refractivity contribution >= 4 is 44.8 Å². The van der Waals surface area contributed by atoms with E-state index in [2.05, 4.69) is 26.6 Å². The summed E-state index contributed by atoms with van der Waals surface area (Å²) in [4.78, 5) is 12.1. The lowest BCUT2D eigenvalue weighted by Gasteiger charge is -2.07. The van der Waals surface area contributed by atoms with Crippen molar-refractivity contribution in [2.45, 2.75) is 6.92 Å². The van der Waals surface area contributed by atoms with Gasteiger partial charge in [-0.1, -0.05) is 27.5 Å². The van der Waals surface area contributed by atoms with Crippen molar-refractivity contribution in [3.8, 4) is 6.07 Å². The fraction of sp³-hybridized carbons (Fsp3) is 0.0588. The molecule has 0 heterocycles. The van der Waals surface area contributed by atoms with Crippen molar-refractivity contribution in [1.29, 1.82) is 5.26 Å². The molecule has 0 saturated carbocycles. The summed E-state index contributed by atoms with van der Waals surface area (Å²) in [6, 6.07) is 14.2. The number of amides is 1. The van der Waals surface area contributed by atoms with Gasteiger partial charge in [-0.25, -0.2) is 0 Å². The number of halogens is 2. The number of hydrogen-bond donors (Lipinski definition) is 2. The molecule has 0 spiro atoms. The third-order valence-electron chi connectivity index (χ3n) is 3.03. The molecule has 1 amide bonds. The zero-order valence-corrected chi connectivity index (χ0v) is 14.6. The van der Waals surface area contributed by atoms with Crippen LogP contribution < -0.4 is 10.6 Å². The molecule has 6 heteroatoms. The quantitative estimate of drug-likeness (QED) is 0.578. The van der Waals surface area contributed by atoms with Crippen molar-refractivity contribution in [1.82, 2.24) is 0 Å². The molecule has 2 N–H and O–H groups in total. The lowest BCUT2D eigenvalue weighted by atomic mass is 10.2. The van der Waals surface area contributed by atoms with Gasteiger partial charge in [-0.2, -0.15) is 5.26 Å². The number of hydrogen-bond acceptors (Lipinski definition) is 3. The molecule has 0 saturated heterocycles. The summed E-state index contributed by atoms with van der Waals surface area (Å²) in [5.74, 6) is -0.489. The van der Waals surface area contributed by atoms with Gasteiger partial charge < -0.3 is 10.6 Å². The van der Waals surface area contributed by atoms with Crippen molar-refractivity contribution in [2.75, 3.05) is 10.6 Å². The normalized spacial score (nSPS) is 10.8. The monoisotopic (exact) mass is 389 g/mol. The molecular weight excluding hydrogens is 378 g/mol. The first kappa shape index (κ1) is 17.1. The molecule has 0 aliphatic carbocycles. The SMILES string of the molecule is Cc1cc(Br)ccc1N/C=C(/C#N)C(=O)Nc1ccc(Cl)cc1. The summed E-state index contributed by atoms with van der Waals surface area (Å²) in [5.41, 5.74) is 2.36. The fourth-order valence-electron chi connectivity index (χ4n) is 1.82. The van der Waals surface area contributed by atoms with E-state index in [1.807, 2.05) is 31.2 Å². The Labute approximate surface area is 147 Å². The van der Waals surface area contributed by atoms with Gasteiger partial charge in [0.2, 0.25) is 0 Å². The zero-order chi connectivity index (χ0) is 16.8. The summed E-state index contributed by atoms with van der Waals surface area (Å²) >= 11 is 9.18. The minimum atomic E-state index is -0.489. The predicted molar refractivity (Wildman–Crippen MR) is 96.3 cm³/mol. The molecular formula is C17H13BrClN3O. The maximum absolute atomic E-state index is 12.1. The minimum absolute atomic E-state index is 0.0257. The van der Waals surface area contributed by atoms with Crippen LogP contribution in [0.2, 0.25) is 5.02 Å². The molecule has 0 aliphatic rings. The Kier molecular flexibility index (Phi) is 5.80. The van der Waals surface area contributed by atoms with Gasteiger partial charge in [0.15, 0.2) is 0 Å². The van der Waals surface area contributed by atoms with Crippen molar-refractivity contribution in [3.63, 3.8) is 0 Å². The smallest absolute Gasteiger partial charge is 0.267 e. The molecule has 0 radical (unpaired) electrons. The van der Waals surface area contributed by atoms with E-state index < -0.39 is 5.91 Å². The van der Waals surface area contributed by atoms with E-state index >= 15 is 0 Å². The Bertz CT molecular complexity index is 794. The number of nitrogens with zero attached hydrogens (tertiary/aromatic N) is 1. The minimum Gasteiger partial charge on any atom is -0.360 e. The number of aryl methyl sites for hydroxylation is 1. The van der Waals surface area contributed by atoms with E-state index in [0.717, 1.165) is 15.7 Å². The maximum atomic E-state index is 12.1. The van der Waals surface area contributed by atoms with Crippen LogP contribution in [0.15, 0.2) is 58.7 Å². The molecule has 2 aromatic carbocycles. The fourth-order valence-corrected chi connectivity index (χ4v) is 2.42. The number of nitrogens with one attached hydrogen (secondary N) is 2. The first-order valence-corrected chi connectivity index (χ1v) is 7.86. The molecule has 0 aliphatic heterocycles. The third-order valence-corrected chi connectivity index (χ3v) is 3.77. The highest BCUT2D eigenvalue weighted by Crippen LogP contribution is 2.20. The highest BCUT2D eigenvalue weighted by molar-refractivity contribution is 9.10. The van der Waals surface area contributed by atoms with E-state index in [-0.39, 0.29) is 5.57 Å². The summed E-state index contributed by atoms with van der Waals surface area (Å²) in [5, 5.41) is 15.4. The summed E-state index contributed by atoms with van der Waals surface area (Å²) in [6.07, 6.45) is 1.39. The Balaban J connectivity index is 2.10. The van der Waals surface area contributed by atoms with E-state index in [9.17, 15) is 4.79 Å². The van der Waals surface area contributed by atoms with E-state index in [1.165, 1.54) is 6.20 Å². The zero-order valence-electron chi connectivity index (χ0n) is 12.2. The molecule has 2 rings (SSSR count). The van der Waals surface area contributed by atoms with Crippen molar-refractivity contribution < 1.29 is 4.79 Å². The average Bonchev–Trinajstić information content (AvgIpc) is 2.52. The number of carbonyl (C=O) groups is 1. The number of rotatable bonds is 4. The molecule has 0 aromatic heterocycles. The largest absolute Gasteiger partial charge is 0.360 e. The first-order valence-electron chi connectivity index (χ1n) is 6.69. The lowest BCUT2D eigenvalue weighted by Crippen LogP contribution is -2.14. The van der Waals surface area contributed by atoms with Crippen LogP contribution in [0, 0.1) is 18.3 Å². The summed E-state index contributed by atoms with van der Waals surface area (Å²) in [7, 11) is 0. The van der Waals surface area contributed by atoms with Crippen LogP contribution in [0.4, 0.5) is 11.4 Å². The highest BCUT2D eigenvalue weighted by Gasteiger charge is 2.09. The van der Waals surface area contributed by atoms with Gasteiger partial charge in [-0.3, -0.25) is 4.79 Å². The summed E-state index contributed by atoms with van der Waals surface area (Å²) < 4.78 is 0.963. The topological polar surface area (TPSA) is 64.9 Å². The first-order chi connectivity index (χ1) is 11.0. The van der Waals surface area contributed by atoms with Crippen LogP contribution in [0.5, 0.6) is 0 Å². The van der Waals surface area contributed by atoms with Crippen LogP contribution >= 0.6 is 27.5 Å². The van der Waals surface area contributed by atoms with Crippen LogP contribution in [0.1, 0.15) is 5.56 Å². The van der Waals surface area contributed by atoms with E-state index in [0.29, 0.717) is 10.7 Å².